The van der Waals surface area contributed by atoms with E-state index in [2.05, 4.69) is 82.3 Å². The second-order valence-electron chi connectivity index (χ2n) is 12.7. The summed E-state index contributed by atoms with van der Waals surface area (Å²) in [5, 5.41) is 1.02. The van der Waals surface area contributed by atoms with Gasteiger partial charge in [-0.05, 0) is 90.4 Å². The van der Waals surface area contributed by atoms with Crippen LogP contribution in [0.1, 0.15) is 46.6 Å². The smallest absolute Gasteiger partial charge is 0.138 e. The van der Waals surface area contributed by atoms with Crippen LogP contribution in [0.2, 0.25) is 0 Å². The number of aromatic amines is 1. The fraction of sp³-hybridized carbons (Fsp3) is 0.342. The van der Waals surface area contributed by atoms with Crippen molar-refractivity contribution in [1.82, 2.24) is 19.8 Å². The lowest BCUT2D eigenvalue weighted by atomic mass is 9.91. The Hall–Kier alpha value is -4.04. The Morgan fingerprint density at radius 1 is 0.933 bits per heavy atom. The van der Waals surface area contributed by atoms with E-state index in [-0.39, 0.29) is 5.82 Å². The molecule has 2 aliphatic rings. The van der Waals surface area contributed by atoms with Crippen molar-refractivity contribution in [3.63, 3.8) is 0 Å². The number of hydrogen-bond acceptors (Lipinski definition) is 5. The molecule has 3 heterocycles. The van der Waals surface area contributed by atoms with E-state index in [1.54, 1.807) is 6.07 Å². The first-order chi connectivity index (χ1) is 22.0. The molecule has 7 rings (SSSR count). The predicted octanol–water partition coefficient (Wildman–Crippen LogP) is 6.90. The number of H-pyrrole nitrogens is 1. The molecule has 0 bridgehead atoms. The molecule has 1 saturated carbocycles. The van der Waals surface area contributed by atoms with Gasteiger partial charge >= 0.3 is 0 Å². The lowest BCUT2D eigenvalue weighted by Gasteiger charge is -2.32. The van der Waals surface area contributed by atoms with Crippen LogP contribution in [-0.4, -0.2) is 66.1 Å². The molecule has 232 valence electrons. The second kappa shape index (κ2) is 12.8. The number of benzene rings is 3. The average Bonchev–Trinajstić information content (AvgIpc) is 3.81. The summed E-state index contributed by atoms with van der Waals surface area (Å²) < 4.78 is 21.4. The van der Waals surface area contributed by atoms with Crippen LogP contribution in [0.25, 0.3) is 33.4 Å². The van der Waals surface area contributed by atoms with Crippen LogP contribution in [-0.2, 0) is 13.0 Å². The first-order valence-corrected chi connectivity index (χ1v) is 16.2. The van der Waals surface area contributed by atoms with Gasteiger partial charge in [0.15, 0.2) is 0 Å². The number of halogens is 1. The van der Waals surface area contributed by atoms with Gasteiger partial charge < -0.3 is 20.4 Å². The van der Waals surface area contributed by atoms with Gasteiger partial charge in [0.1, 0.15) is 23.8 Å². The summed E-state index contributed by atoms with van der Waals surface area (Å²) in [5.74, 6) is 1.45. The Morgan fingerprint density at radius 2 is 1.76 bits per heavy atom. The molecule has 1 aliphatic heterocycles. The van der Waals surface area contributed by atoms with Crippen LogP contribution in [0.4, 0.5) is 4.39 Å². The third kappa shape index (κ3) is 6.39. The van der Waals surface area contributed by atoms with Crippen molar-refractivity contribution in [1.29, 1.82) is 0 Å². The van der Waals surface area contributed by atoms with Gasteiger partial charge in [0.05, 0.1) is 0 Å². The van der Waals surface area contributed by atoms with Gasteiger partial charge in [-0.1, -0.05) is 42.5 Å². The number of nitrogens with two attached hydrogens (primary N) is 1. The van der Waals surface area contributed by atoms with E-state index in [9.17, 15) is 0 Å². The number of nitrogens with zero attached hydrogens (tertiary/aromatic N) is 3. The molecule has 7 heteroatoms. The summed E-state index contributed by atoms with van der Waals surface area (Å²) in [4.78, 5) is 12.7. The summed E-state index contributed by atoms with van der Waals surface area (Å²) in [7, 11) is 2.13. The molecule has 1 aliphatic carbocycles. The summed E-state index contributed by atoms with van der Waals surface area (Å²) in [6, 6.07) is 23.0. The van der Waals surface area contributed by atoms with E-state index >= 15 is 4.39 Å². The Balaban J connectivity index is 1.16. The van der Waals surface area contributed by atoms with Gasteiger partial charge in [-0.15, -0.1) is 0 Å². The number of nitrogens with one attached hydrogen (secondary N) is 1. The number of pyridine rings is 1. The summed E-state index contributed by atoms with van der Waals surface area (Å²) in [5.41, 5.74) is 16.3. The molecule has 2 fully saturated rings. The standard InChI is InChI=1S/C38H42FN5O/c1-25-27(20-30-10-8-28(26-6-7-26)22-37(30)45-19-13-40)4-3-5-32(25)33-12-14-41-38-34(33)23-36(42-38)29-9-11-31(35(39)21-29)24-44-17-15-43(2)16-18-44/h3-5,8-12,14,21-23,26H,6-7,13,15-20,24,40H2,1-2H3,(H,41,42). The maximum Gasteiger partial charge on any atom is 0.138 e. The average molecular weight is 604 g/mol. The maximum atomic E-state index is 15.3. The molecule has 1 saturated heterocycles. The van der Waals surface area contributed by atoms with Crippen LogP contribution >= 0.6 is 0 Å². The minimum Gasteiger partial charge on any atom is -0.492 e. The van der Waals surface area contributed by atoms with E-state index < -0.39 is 0 Å². The monoisotopic (exact) mass is 603 g/mol. The molecular formula is C38H42FN5O. The van der Waals surface area contributed by atoms with Crippen LogP contribution in [0, 0.1) is 12.7 Å². The van der Waals surface area contributed by atoms with E-state index in [1.807, 2.05) is 18.3 Å². The minimum absolute atomic E-state index is 0.165. The van der Waals surface area contributed by atoms with Crippen molar-refractivity contribution < 1.29 is 9.13 Å². The first kappa shape index (κ1) is 29.7. The molecular weight excluding hydrogens is 561 g/mol. The fourth-order valence-electron chi connectivity index (χ4n) is 6.57. The zero-order valence-electron chi connectivity index (χ0n) is 26.3. The Bertz CT molecular complexity index is 1820. The molecule has 0 spiro atoms. The molecule has 2 aromatic heterocycles. The predicted molar refractivity (Wildman–Crippen MR) is 180 cm³/mol. The number of hydrogen-bond donors (Lipinski definition) is 2. The number of rotatable bonds is 10. The Kier molecular flexibility index (Phi) is 8.41. The van der Waals surface area contributed by atoms with Gasteiger partial charge in [-0.2, -0.15) is 0 Å². The third-order valence-corrected chi connectivity index (χ3v) is 9.52. The van der Waals surface area contributed by atoms with Gasteiger partial charge in [0.25, 0.3) is 0 Å². The van der Waals surface area contributed by atoms with Gasteiger partial charge in [0.2, 0.25) is 0 Å². The molecule has 3 aromatic carbocycles. The van der Waals surface area contributed by atoms with Gasteiger partial charge in [-0.3, -0.25) is 4.90 Å². The fourth-order valence-corrected chi connectivity index (χ4v) is 6.57. The highest BCUT2D eigenvalue weighted by Gasteiger charge is 2.25. The molecule has 0 atom stereocenters. The number of likely N-dealkylation sites (N-methyl/N-ethyl adjacent to an activating group) is 1. The first-order valence-electron chi connectivity index (χ1n) is 16.2. The van der Waals surface area contributed by atoms with Crippen LogP contribution in [0.15, 0.2) is 72.9 Å². The van der Waals surface area contributed by atoms with Crippen LogP contribution in [0.5, 0.6) is 5.75 Å². The summed E-state index contributed by atoms with van der Waals surface area (Å²) in [6.07, 6.45) is 5.14. The molecule has 6 nitrogen and oxygen atoms in total. The molecule has 0 unspecified atom stereocenters. The molecule has 5 aromatic rings. The number of aromatic nitrogens is 2. The van der Waals surface area contributed by atoms with Crippen molar-refractivity contribution in [3.8, 4) is 28.1 Å². The van der Waals surface area contributed by atoms with Gasteiger partial charge in [0, 0.05) is 74.1 Å². The Labute approximate surface area is 265 Å². The van der Waals surface area contributed by atoms with Crippen molar-refractivity contribution in [2.45, 2.75) is 38.6 Å². The van der Waals surface area contributed by atoms with Gasteiger partial charge in [-0.25, -0.2) is 9.37 Å². The quantitative estimate of drug-likeness (QED) is 0.182. The minimum atomic E-state index is -0.165. The van der Waals surface area contributed by atoms with Crippen molar-refractivity contribution in [2.24, 2.45) is 5.73 Å². The normalized spacial score (nSPS) is 16.0. The van der Waals surface area contributed by atoms with Crippen molar-refractivity contribution in [2.75, 3.05) is 46.4 Å². The highest BCUT2D eigenvalue weighted by molar-refractivity contribution is 5.97. The van der Waals surface area contributed by atoms with E-state index in [0.29, 0.717) is 25.6 Å². The maximum absolute atomic E-state index is 15.3. The van der Waals surface area contributed by atoms with E-state index in [0.717, 1.165) is 77.3 Å². The third-order valence-electron chi connectivity index (χ3n) is 9.52. The highest BCUT2D eigenvalue weighted by Crippen LogP contribution is 2.42. The number of ether oxygens (including phenoxy) is 1. The van der Waals surface area contributed by atoms with Crippen molar-refractivity contribution >= 4 is 11.0 Å². The lowest BCUT2D eigenvalue weighted by molar-refractivity contribution is 0.147. The zero-order chi connectivity index (χ0) is 30.9. The summed E-state index contributed by atoms with van der Waals surface area (Å²) >= 11 is 0. The SMILES string of the molecule is Cc1c(Cc2ccc(C3CC3)cc2OCCN)cccc1-c1ccnc2[nH]c(-c3ccc(CN4CCN(C)CC4)c(F)c3)cc12. The molecule has 45 heavy (non-hydrogen) atoms. The molecule has 0 amide bonds. The largest absolute Gasteiger partial charge is 0.492 e. The van der Waals surface area contributed by atoms with Crippen molar-refractivity contribution in [3.05, 3.63) is 107 Å². The lowest BCUT2D eigenvalue weighted by Crippen LogP contribution is -2.44. The molecule has 0 radical (unpaired) electrons. The number of piperazine rings is 1. The van der Waals surface area contributed by atoms with Crippen LogP contribution < -0.4 is 10.5 Å². The van der Waals surface area contributed by atoms with Crippen LogP contribution in [0.3, 0.4) is 0 Å². The Morgan fingerprint density at radius 3 is 2.53 bits per heavy atom. The topological polar surface area (TPSA) is 70.4 Å². The molecule has 3 N–H and O–H groups in total. The second-order valence-corrected chi connectivity index (χ2v) is 12.7. The number of fused-ring (bicyclic) bond motifs is 1. The zero-order valence-corrected chi connectivity index (χ0v) is 26.3. The van der Waals surface area contributed by atoms with E-state index in [1.165, 1.54) is 35.1 Å². The highest BCUT2D eigenvalue weighted by atomic mass is 19.1. The summed E-state index contributed by atoms with van der Waals surface area (Å²) in [6.45, 7) is 7.79. The van der Waals surface area contributed by atoms with E-state index in [4.69, 9.17) is 10.5 Å².